The number of aromatic carboxylic acids is 1. The van der Waals surface area contributed by atoms with Crippen LogP contribution in [-0.2, 0) is 37.7 Å². The number of halogens is 8. The van der Waals surface area contributed by atoms with Gasteiger partial charge in [-0.15, -0.1) is 0 Å². The number of aryl methyl sites for hydroxylation is 4. The summed E-state index contributed by atoms with van der Waals surface area (Å²) in [5.41, 5.74) is 17.6. The second kappa shape index (κ2) is 41.7. The Balaban J connectivity index is 0.000000142. The zero-order valence-corrected chi connectivity index (χ0v) is 76.2. The van der Waals surface area contributed by atoms with Crippen LogP contribution in [0.1, 0.15) is 184 Å². The minimum Gasteiger partial charge on any atom is -0.478 e. The second-order valence-electron chi connectivity index (χ2n) is 36.0. The maximum atomic E-state index is 14.7. The van der Waals surface area contributed by atoms with Gasteiger partial charge in [-0.3, -0.25) is 37.9 Å². The quantitative estimate of drug-likeness (QED) is 0.0212. The Labute approximate surface area is 786 Å². The molecule has 11 N–H and O–H groups in total. The standard InChI is InChI=1S/C24H26F2N8O2.C24H24F2N8O.C20H25F2N7O2.C14H16F2N8.C10H10O2/c1-33-11-18(9-29-33)30-22-20(21(27)35)28-10-19(32-22)34-12-17(8-24(25,26)13-34)31-23(36)16-6-4-15(5-7-16)14-2-3-14;1-33-12-19(10-29-33)30-22-20(9-27)28-11-21(32-22)34-13-18(8-24(25,26)14-34)31-23(35)17-6-4-16(5-7-17)15-2-3-15;1-19(2,3)31-17(30)5-13-6-20(21,22)12-29(10-13)16-9-24-15(7-23)18(27-16)26-14-8-25-28(4)11-14;1-23-7-10(4-20-23)21-13-11(3-17)19-5-12(22-13)24-6-9(18)2-14(15,16)8-24;11-10(12)9-5-3-8(4-6-9)7-1-2-7/h4-7,9-11,14,17H,2-3,8,12-13H2,1H3,(H2,27,35)(H,30,32)(H,31,36);4-7,10-12,15,18H,2-3,8,13-14H2,1H3,(H,30,32)(H,31,35);8-9,11,13H,5-6,10,12H2,1-4H3,(H,26,27);4-5,7,9H,2,6,8,18H2,1H3,(H,21,22);3-7H,1-2H2,(H,11,12)/t17-;;;;/m0..../s1. The van der Waals surface area contributed by atoms with Crippen molar-refractivity contribution in [2.24, 2.45) is 45.6 Å². The number of nitrogens with two attached hydrogens (primary N) is 2. The minimum atomic E-state index is -3.08. The number of nitrogens with one attached hydrogen (secondary N) is 6. The number of primary amides is 1. The van der Waals surface area contributed by atoms with E-state index in [4.69, 9.17) is 26.6 Å². The number of ether oxygens (including phenoxy) is 1. The predicted molar refractivity (Wildman–Crippen MR) is 491 cm³/mol. The second-order valence-corrected chi connectivity index (χ2v) is 36.0. The van der Waals surface area contributed by atoms with Crippen LogP contribution in [0.5, 0.6) is 0 Å². The summed E-state index contributed by atoms with van der Waals surface area (Å²) in [7, 11) is 6.94. The van der Waals surface area contributed by atoms with Crippen molar-refractivity contribution in [2.75, 3.05) is 93.2 Å². The molecular formula is C92H101F8N31O7. The van der Waals surface area contributed by atoms with Crippen molar-refractivity contribution in [3.05, 3.63) is 203 Å². The molecule has 3 unspecified atom stereocenters. The van der Waals surface area contributed by atoms with E-state index in [-0.39, 0.29) is 114 Å². The molecule has 18 rings (SSSR count). The average molecular weight is 1910 g/mol. The van der Waals surface area contributed by atoms with E-state index in [1.807, 2.05) is 54.6 Å². The molecule has 4 saturated heterocycles. The Morgan fingerprint density at radius 1 is 0.442 bits per heavy atom. The minimum absolute atomic E-state index is 0.0261. The summed E-state index contributed by atoms with van der Waals surface area (Å²) < 4.78 is 127. The van der Waals surface area contributed by atoms with Crippen molar-refractivity contribution in [1.82, 2.24) is 89.6 Å². The van der Waals surface area contributed by atoms with Gasteiger partial charge in [-0.1, -0.05) is 36.4 Å². The molecule has 0 radical (unpaired) electrons. The fourth-order valence-corrected chi connectivity index (χ4v) is 16.1. The van der Waals surface area contributed by atoms with Crippen LogP contribution in [0.4, 0.5) is 104 Å². The van der Waals surface area contributed by atoms with Crippen LogP contribution in [0.2, 0.25) is 0 Å². The maximum Gasteiger partial charge on any atom is 0.335 e. The van der Waals surface area contributed by atoms with Gasteiger partial charge < -0.3 is 72.8 Å². The first-order valence-electron chi connectivity index (χ1n) is 44.2. The molecule has 3 aliphatic carbocycles. The van der Waals surface area contributed by atoms with Crippen LogP contribution in [0.25, 0.3) is 0 Å². The monoisotopic (exact) mass is 1900 g/mol. The number of nitrogens with zero attached hydrogens (tertiary/aromatic N) is 23. The topological polar surface area (TPSA) is 498 Å². The first-order valence-corrected chi connectivity index (χ1v) is 44.2. The molecule has 7 fully saturated rings. The summed E-state index contributed by atoms with van der Waals surface area (Å²) >= 11 is 0. The molecule has 3 amide bonds. The molecule has 0 bridgehead atoms. The van der Waals surface area contributed by atoms with Crippen molar-refractivity contribution in [1.29, 1.82) is 15.8 Å². The summed E-state index contributed by atoms with van der Waals surface area (Å²) in [4.78, 5) is 99.1. The number of hydrogen-bond donors (Lipinski definition) is 9. The Hall–Kier alpha value is -15.6. The van der Waals surface area contributed by atoms with E-state index in [1.165, 1.54) is 80.1 Å². The van der Waals surface area contributed by atoms with E-state index < -0.39 is 123 Å². The molecule has 12 heterocycles. The van der Waals surface area contributed by atoms with Crippen molar-refractivity contribution in [3.8, 4) is 18.2 Å². The number of esters is 1. The first kappa shape index (κ1) is 98.4. The van der Waals surface area contributed by atoms with Gasteiger partial charge in [0, 0.05) is 122 Å². The number of alkyl halides is 8. The third-order valence-electron chi connectivity index (χ3n) is 22.7. The lowest BCUT2D eigenvalue weighted by Crippen LogP contribution is -2.55. The Morgan fingerprint density at radius 3 is 1.07 bits per heavy atom. The predicted octanol–water partition coefficient (Wildman–Crippen LogP) is 12.2. The van der Waals surface area contributed by atoms with Crippen LogP contribution in [0, 0.1) is 39.9 Å². The van der Waals surface area contributed by atoms with Gasteiger partial charge in [0.05, 0.1) is 123 Å². The van der Waals surface area contributed by atoms with Gasteiger partial charge in [-0.25, -0.2) is 79.8 Å². The Bertz CT molecular complexity index is 6340. The van der Waals surface area contributed by atoms with Crippen molar-refractivity contribution in [3.63, 3.8) is 0 Å². The van der Waals surface area contributed by atoms with E-state index >= 15 is 0 Å². The van der Waals surface area contributed by atoms with E-state index in [1.54, 1.807) is 147 Å². The molecule has 46 heteroatoms. The molecule has 4 aliphatic heterocycles. The highest BCUT2D eigenvalue weighted by molar-refractivity contribution is 5.97. The van der Waals surface area contributed by atoms with Gasteiger partial charge in [0.1, 0.15) is 47.1 Å². The molecule has 0 spiro atoms. The molecule has 3 aromatic carbocycles. The first-order chi connectivity index (χ1) is 65.5. The van der Waals surface area contributed by atoms with Gasteiger partial charge in [-0.2, -0.15) is 36.2 Å². The lowest BCUT2D eigenvalue weighted by Gasteiger charge is -2.38. The molecule has 722 valence electrons. The van der Waals surface area contributed by atoms with Gasteiger partial charge in [0.2, 0.25) is 0 Å². The molecule has 11 aromatic rings. The van der Waals surface area contributed by atoms with E-state index in [9.17, 15) is 69.6 Å². The number of carboxylic acid groups (broad SMARTS) is 1. The van der Waals surface area contributed by atoms with Crippen molar-refractivity contribution in [2.45, 2.75) is 157 Å². The number of carbonyl (C=O) groups is 5. The maximum absolute atomic E-state index is 14.7. The number of rotatable bonds is 23. The van der Waals surface area contributed by atoms with Crippen LogP contribution in [0.15, 0.2) is 147 Å². The van der Waals surface area contributed by atoms with E-state index in [0.29, 0.717) is 57.2 Å². The normalized spacial score (nSPS) is 18.8. The van der Waals surface area contributed by atoms with Gasteiger partial charge in [0.15, 0.2) is 46.0 Å². The number of piperidine rings is 4. The van der Waals surface area contributed by atoms with Crippen LogP contribution >= 0.6 is 0 Å². The lowest BCUT2D eigenvalue weighted by molar-refractivity contribution is -0.156. The highest BCUT2D eigenvalue weighted by Gasteiger charge is 2.46. The van der Waals surface area contributed by atoms with Crippen LogP contribution in [-0.4, -0.2) is 214 Å². The summed E-state index contributed by atoms with van der Waals surface area (Å²) in [6.45, 7) is 3.67. The molecule has 7 aliphatic rings. The van der Waals surface area contributed by atoms with Gasteiger partial charge >= 0.3 is 11.9 Å². The number of aromatic nitrogens is 16. The molecule has 3 saturated carbocycles. The number of carboxylic acids is 1. The number of benzene rings is 3. The summed E-state index contributed by atoms with van der Waals surface area (Å²) in [5, 5.41) is 69.9. The summed E-state index contributed by atoms with van der Waals surface area (Å²) in [6.07, 6.45) is 23.3. The number of amides is 3. The zero-order chi connectivity index (χ0) is 98.7. The van der Waals surface area contributed by atoms with E-state index in [0.717, 1.165) is 25.7 Å². The molecule has 138 heavy (non-hydrogen) atoms. The number of anilines is 12. The summed E-state index contributed by atoms with van der Waals surface area (Å²) in [6, 6.07) is 25.4. The average Bonchev–Trinajstić information content (AvgIpc) is 1.73. The van der Waals surface area contributed by atoms with Gasteiger partial charge in [-0.05, 0) is 136 Å². The van der Waals surface area contributed by atoms with Crippen molar-refractivity contribution < 1.29 is 68.9 Å². The van der Waals surface area contributed by atoms with E-state index in [2.05, 4.69) is 92.2 Å². The zero-order valence-electron chi connectivity index (χ0n) is 76.2. The number of nitriles is 3. The third-order valence-corrected chi connectivity index (χ3v) is 22.7. The third kappa shape index (κ3) is 27.4. The van der Waals surface area contributed by atoms with Crippen molar-refractivity contribution >= 4 is 99.0 Å². The van der Waals surface area contributed by atoms with Crippen LogP contribution in [0.3, 0.4) is 0 Å². The largest absolute Gasteiger partial charge is 0.478 e. The molecule has 8 aromatic heterocycles. The number of hydrogen-bond acceptors (Lipinski definition) is 30. The number of carbonyl (C=O) groups excluding carboxylic acids is 4. The SMILES string of the molecule is Cn1cc(Nc2nc(N3CC(CC(=O)OC(C)(C)C)CC(F)(F)C3)cnc2C#N)cn1.Cn1cc(Nc2nc(N3CC(N)CC(F)(F)C3)cnc2C#N)cn1.Cn1cc(Nc2nc(N3CC(NC(=O)c4ccc(C5CC5)cc4)CC(F)(F)C3)cnc2C#N)cn1.Cn1cc(Nc2nc(N3C[C@@H](NC(=O)c4ccc(C5CC5)cc4)CC(F)(F)C3)cnc2C(N)=O)cn1.O=C(O)c1ccc(C2CC2)cc1. The Morgan fingerprint density at radius 2 is 0.754 bits per heavy atom. The fourth-order valence-electron chi connectivity index (χ4n) is 16.1. The highest BCUT2D eigenvalue weighted by atomic mass is 19.3. The molecular weight excluding hydrogens is 1800 g/mol. The summed E-state index contributed by atoms with van der Waals surface area (Å²) in [5.74, 6) is -12.5. The highest BCUT2D eigenvalue weighted by Crippen LogP contribution is 2.44. The van der Waals surface area contributed by atoms with Gasteiger partial charge in [0.25, 0.3) is 41.4 Å². The fraction of sp³-hybridized carbons (Fsp3) is 0.413. The molecule has 4 atom stereocenters. The Kier molecular flexibility index (Phi) is 29.8. The van der Waals surface area contributed by atoms with Crippen LogP contribution < -0.4 is 63.0 Å². The lowest BCUT2D eigenvalue weighted by atomic mass is 9.92. The molecule has 38 nitrogen and oxygen atoms in total. The smallest absolute Gasteiger partial charge is 0.335 e.